The van der Waals surface area contributed by atoms with E-state index in [0.717, 1.165) is 0 Å². The molecule has 0 fully saturated rings. The molecule has 18 heavy (non-hydrogen) atoms. The number of carbonyl (C=O) groups is 2. The Morgan fingerprint density at radius 2 is 2.00 bits per heavy atom. The number of aliphatic imine (C=N–C) groups is 1. The van der Waals surface area contributed by atoms with E-state index >= 15 is 0 Å². The number of nitrogens with zero attached hydrogens (tertiary/aromatic N) is 1. The van der Waals surface area contributed by atoms with Gasteiger partial charge in [-0.25, -0.2) is 4.79 Å². The van der Waals surface area contributed by atoms with Crippen LogP contribution in [-0.4, -0.2) is 46.7 Å². The molecule has 0 radical (unpaired) electrons. The number of aliphatic hydroxyl groups is 1. The molecule has 7 N–H and O–H groups in total. The number of nitrogens with two attached hydrogens (primary N) is 2. The average Bonchev–Trinajstić information content (AvgIpc) is 2.30. The first-order valence-electron chi connectivity index (χ1n) is 5.65. The highest BCUT2D eigenvalue weighted by atomic mass is 16.4. The fourth-order valence-corrected chi connectivity index (χ4v) is 1.21. The second-order valence-corrected chi connectivity index (χ2v) is 3.77. The molecule has 0 aromatic carbocycles. The second kappa shape index (κ2) is 8.29. The van der Waals surface area contributed by atoms with E-state index < -0.39 is 24.0 Å². The molecule has 1 unspecified atom stereocenters. The van der Waals surface area contributed by atoms with E-state index in [1.807, 2.05) is 0 Å². The van der Waals surface area contributed by atoms with Gasteiger partial charge in [0.05, 0.1) is 0 Å². The van der Waals surface area contributed by atoms with Gasteiger partial charge in [0.2, 0.25) is 5.91 Å². The van der Waals surface area contributed by atoms with Gasteiger partial charge in [0, 0.05) is 6.54 Å². The van der Waals surface area contributed by atoms with Crippen molar-refractivity contribution in [3.63, 3.8) is 0 Å². The van der Waals surface area contributed by atoms with Crippen molar-refractivity contribution in [2.45, 2.75) is 38.3 Å². The standard InChI is InChI=1S/C10H20N4O4/c1-2-7(15)8(16)14-6(9(17)18)4-3-5-13-10(11)12/h6-7,15H,2-5H2,1H3,(H,14,16)(H,17,18)(H4,11,12,13)/t6-,7?/m0/s1. The topological polar surface area (TPSA) is 151 Å². The van der Waals surface area contributed by atoms with E-state index in [-0.39, 0.29) is 25.3 Å². The summed E-state index contributed by atoms with van der Waals surface area (Å²) in [6.07, 6.45) is -0.359. The first kappa shape index (κ1) is 16.2. The van der Waals surface area contributed by atoms with Gasteiger partial charge in [-0.1, -0.05) is 6.92 Å². The highest BCUT2D eigenvalue weighted by Gasteiger charge is 2.22. The SMILES string of the molecule is CCC(O)C(=O)N[C@@H](CCCN=C(N)N)C(=O)O. The summed E-state index contributed by atoms with van der Waals surface area (Å²) >= 11 is 0. The second-order valence-electron chi connectivity index (χ2n) is 3.77. The summed E-state index contributed by atoms with van der Waals surface area (Å²) < 4.78 is 0. The third kappa shape index (κ3) is 6.69. The van der Waals surface area contributed by atoms with Crippen molar-refractivity contribution < 1.29 is 19.8 Å². The zero-order chi connectivity index (χ0) is 14.1. The summed E-state index contributed by atoms with van der Waals surface area (Å²) in [5.74, 6) is -1.91. The first-order valence-corrected chi connectivity index (χ1v) is 5.65. The molecule has 104 valence electrons. The third-order valence-corrected chi connectivity index (χ3v) is 2.25. The highest BCUT2D eigenvalue weighted by molar-refractivity contribution is 5.86. The van der Waals surface area contributed by atoms with Crippen LogP contribution in [0.15, 0.2) is 4.99 Å². The van der Waals surface area contributed by atoms with E-state index in [1.165, 1.54) is 0 Å². The molecule has 0 aliphatic heterocycles. The molecule has 0 rings (SSSR count). The lowest BCUT2D eigenvalue weighted by Gasteiger charge is -2.16. The van der Waals surface area contributed by atoms with Crippen molar-refractivity contribution in [3.8, 4) is 0 Å². The minimum Gasteiger partial charge on any atom is -0.480 e. The molecule has 0 saturated carbocycles. The summed E-state index contributed by atoms with van der Waals surface area (Å²) in [5.41, 5.74) is 10.2. The van der Waals surface area contributed by atoms with Gasteiger partial charge in [0.15, 0.2) is 5.96 Å². The summed E-state index contributed by atoms with van der Waals surface area (Å²) in [4.78, 5) is 25.9. The summed E-state index contributed by atoms with van der Waals surface area (Å²) in [5, 5.41) is 20.4. The number of carboxylic acid groups (broad SMARTS) is 1. The van der Waals surface area contributed by atoms with Crippen LogP contribution in [0.3, 0.4) is 0 Å². The Balaban J connectivity index is 4.20. The number of nitrogens with one attached hydrogen (secondary N) is 1. The Labute approximate surface area is 105 Å². The molecule has 0 aromatic heterocycles. The number of aliphatic hydroxyl groups excluding tert-OH is 1. The van der Waals surface area contributed by atoms with Crippen LogP contribution in [0, 0.1) is 0 Å². The maximum atomic E-state index is 11.3. The predicted octanol–water partition coefficient (Wildman–Crippen LogP) is -1.62. The molecule has 8 heteroatoms. The van der Waals surface area contributed by atoms with Crippen molar-refractivity contribution >= 4 is 17.8 Å². The lowest BCUT2D eigenvalue weighted by atomic mass is 10.1. The number of aliphatic carboxylic acids is 1. The molecular weight excluding hydrogens is 240 g/mol. The Bertz CT molecular complexity index is 315. The van der Waals surface area contributed by atoms with Crippen LogP contribution in [-0.2, 0) is 9.59 Å². The monoisotopic (exact) mass is 260 g/mol. The van der Waals surface area contributed by atoms with Crippen LogP contribution in [0.4, 0.5) is 0 Å². The molecule has 0 heterocycles. The normalized spacial score (nSPS) is 13.4. The van der Waals surface area contributed by atoms with Gasteiger partial charge in [-0.05, 0) is 19.3 Å². The van der Waals surface area contributed by atoms with Crippen LogP contribution in [0.5, 0.6) is 0 Å². The molecule has 0 saturated heterocycles. The Kier molecular flexibility index (Phi) is 7.45. The quantitative estimate of drug-likeness (QED) is 0.201. The molecule has 8 nitrogen and oxygen atoms in total. The largest absolute Gasteiger partial charge is 0.480 e. The number of hydrogen-bond acceptors (Lipinski definition) is 4. The minimum absolute atomic E-state index is 0.0627. The number of amides is 1. The number of guanidine groups is 1. The maximum absolute atomic E-state index is 11.3. The number of rotatable bonds is 8. The fraction of sp³-hybridized carbons (Fsp3) is 0.700. The Morgan fingerprint density at radius 3 is 2.44 bits per heavy atom. The summed E-state index contributed by atoms with van der Waals surface area (Å²) in [7, 11) is 0. The smallest absolute Gasteiger partial charge is 0.326 e. The number of carbonyl (C=O) groups excluding carboxylic acids is 1. The molecule has 0 bridgehead atoms. The van der Waals surface area contributed by atoms with Gasteiger partial charge in [-0.2, -0.15) is 0 Å². The van der Waals surface area contributed by atoms with Crippen molar-refractivity contribution in [3.05, 3.63) is 0 Å². The number of carboxylic acids is 1. The zero-order valence-corrected chi connectivity index (χ0v) is 10.3. The van der Waals surface area contributed by atoms with Gasteiger partial charge in [0.1, 0.15) is 12.1 Å². The molecule has 0 aliphatic carbocycles. The predicted molar refractivity (Wildman–Crippen MR) is 65.8 cm³/mol. The molecular formula is C10H20N4O4. The number of hydrogen-bond donors (Lipinski definition) is 5. The van der Waals surface area contributed by atoms with Crippen molar-refractivity contribution in [1.29, 1.82) is 0 Å². The molecule has 1 amide bonds. The maximum Gasteiger partial charge on any atom is 0.326 e. The lowest BCUT2D eigenvalue weighted by molar-refractivity contribution is -0.143. The van der Waals surface area contributed by atoms with Crippen molar-refractivity contribution in [2.75, 3.05) is 6.54 Å². The van der Waals surface area contributed by atoms with Crippen LogP contribution in [0.2, 0.25) is 0 Å². The zero-order valence-electron chi connectivity index (χ0n) is 10.3. The highest BCUT2D eigenvalue weighted by Crippen LogP contribution is 2.00. The van der Waals surface area contributed by atoms with E-state index in [2.05, 4.69) is 10.3 Å². The third-order valence-electron chi connectivity index (χ3n) is 2.25. The van der Waals surface area contributed by atoms with E-state index in [1.54, 1.807) is 6.92 Å². The van der Waals surface area contributed by atoms with Gasteiger partial charge in [0.25, 0.3) is 0 Å². The molecule has 2 atom stereocenters. The van der Waals surface area contributed by atoms with Crippen molar-refractivity contribution in [1.82, 2.24) is 5.32 Å². The van der Waals surface area contributed by atoms with E-state index in [4.69, 9.17) is 16.6 Å². The van der Waals surface area contributed by atoms with Crippen molar-refractivity contribution in [2.24, 2.45) is 16.5 Å². The van der Waals surface area contributed by atoms with Gasteiger partial charge in [-0.3, -0.25) is 9.79 Å². The van der Waals surface area contributed by atoms with Gasteiger partial charge >= 0.3 is 5.97 Å². The Hall–Kier alpha value is -1.83. The minimum atomic E-state index is -1.19. The molecule has 0 aromatic rings. The van der Waals surface area contributed by atoms with Gasteiger partial charge in [-0.15, -0.1) is 0 Å². The average molecular weight is 260 g/mol. The first-order chi connectivity index (χ1) is 8.38. The molecule has 0 aliphatic rings. The molecule has 0 spiro atoms. The summed E-state index contributed by atoms with van der Waals surface area (Å²) in [6, 6.07) is -1.05. The van der Waals surface area contributed by atoms with Crippen LogP contribution in [0.25, 0.3) is 0 Å². The lowest BCUT2D eigenvalue weighted by Crippen LogP contribution is -2.45. The van der Waals surface area contributed by atoms with E-state index in [0.29, 0.717) is 6.42 Å². The fourth-order valence-electron chi connectivity index (χ4n) is 1.21. The summed E-state index contributed by atoms with van der Waals surface area (Å²) in [6.45, 7) is 1.91. The van der Waals surface area contributed by atoms with Crippen LogP contribution < -0.4 is 16.8 Å². The van der Waals surface area contributed by atoms with Crippen LogP contribution >= 0.6 is 0 Å². The van der Waals surface area contributed by atoms with Gasteiger partial charge < -0.3 is 27.0 Å². The van der Waals surface area contributed by atoms with E-state index in [9.17, 15) is 14.7 Å². The Morgan fingerprint density at radius 1 is 1.39 bits per heavy atom. The van der Waals surface area contributed by atoms with Crippen LogP contribution in [0.1, 0.15) is 26.2 Å².